The molecule has 0 bridgehead atoms. The second kappa shape index (κ2) is 5.71. The van der Waals surface area contributed by atoms with Gasteiger partial charge >= 0.3 is 0 Å². The molecule has 0 unspecified atom stereocenters. The number of methoxy groups -OCH3 is 1. The summed E-state index contributed by atoms with van der Waals surface area (Å²) in [6.07, 6.45) is 3.34. The van der Waals surface area contributed by atoms with Gasteiger partial charge in [0.05, 0.1) is 24.3 Å². The predicted molar refractivity (Wildman–Crippen MR) is 68.2 cm³/mol. The van der Waals surface area contributed by atoms with Gasteiger partial charge in [-0.25, -0.2) is 5.90 Å². The summed E-state index contributed by atoms with van der Waals surface area (Å²) >= 11 is 3.51. The van der Waals surface area contributed by atoms with E-state index >= 15 is 0 Å². The van der Waals surface area contributed by atoms with Crippen molar-refractivity contribution >= 4 is 15.9 Å². The first kappa shape index (κ1) is 12.7. The Morgan fingerprint density at radius 2 is 2.18 bits per heavy atom. The van der Waals surface area contributed by atoms with Gasteiger partial charge in [0.15, 0.2) is 11.5 Å². The van der Waals surface area contributed by atoms with Crippen LogP contribution in [0.5, 0.6) is 11.5 Å². The lowest BCUT2D eigenvalue weighted by atomic mass is 10.1. The van der Waals surface area contributed by atoms with Gasteiger partial charge in [0.1, 0.15) is 0 Å². The molecule has 1 saturated carbocycles. The van der Waals surface area contributed by atoms with Crippen LogP contribution in [0, 0.1) is 0 Å². The molecule has 17 heavy (non-hydrogen) atoms. The highest BCUT2D eigenvalue weighted by molar-refractivity contribution is 9.10. The van der Waals surface area contributed by atoms with Crippen molar-refractivity contribution in [3.63, 3.8) is 0 Å². The Morgan fingerprint density at radius 3 is 2.76 bits per heavy atom. The van der Waals surface area contributed by atoms with Crippen molar-refractivity contribution in [1.82, 2.24) is 0 Å². The van der Waals surface area contributed by atoms with Crippen LogP contribution in [0.2, 0.25) is 0 Å². The minimum Gasteiger partial charge on any atom is -0.493 e. The third-order valence-electron chi connectivity index (χ3n) is 2.61. The molecule has 0 aliphatic heterocycles. The molecule has 1 fully saturated rings. The van der Waals surface area contributed by atoms with Crippen LogP contribution in [0.1, 0.15) is 18.4 Å². The van der Waals surface area contributed by atoms with Crippen LogP contribution in [0.15, 0.2) is 16.6 Å². The Hall–Kier alpha value is -0.780. The summed E-state index contributed by atoms with van der Waals surface area (Å²) in [7, 11) is 1.64. The molecule has 2 rings (SSSR count). The molecular weight excluding hydrogens is 286 g/mol. The maximum atomic E-state index is 5.81. The van der Waals surface area contributed by atoms with Gasteiger partial charge in [-0.05, 0) is 52.9 Å². The molecule has 0 radical (unpaired) electrons. The van der Waals surface area contributed by atoms with Crippen molar-refractivity contribution in [2.24, 2.45) is 5.90 Å². The third kappa shape index (κ3) is 3.34. The van der Waals surface area contributed by atoms with E-state index in [2.05, 4.69) is 20.8 Å². The minimum absolute atomic E-state index is 0.346. The second-order valence-corrected chi connectivity index (χ2v) is 4.90. The second-order valence-electron chi connectivity index (χ2n) is 4.05. The molecule has 2 N–H and O–H groups in total. The lowest BCUT2D eigenvalue weighted by Crippen LogP contribution is -2.05. The highest BCUT2D eigenvalue weighted by Crippen LogP contribution is 2.40. The number of halogens is 1. The number of hydrogen-bond acceptors (Lipinski definition) is 4. The smallest absolute Gasteiger partial charge is 0.175 e. The fourth-order valence-corrected chi connectivity index (χ4v) is 2.14. The summed E-state index contributed by atoms with van der Waals surface area (Å²) in [5.74, 6) is 6.55. The zero-order valence-electron chi connectivity index (χ0n) is 9.74. The highest BCUT2D eigenvalue weighted by atomic mass is 79.9. The summed E-state index contributed by atoms with van der Waals surface area (Å²) in [5, 5.41) is 0. The van der Waals surface area contributed by atoms with E-state index in [0.717, 1.165) is 40.8 Å². The van der Waals surface area contributed by atoms with E-state index < -0.39 is 0 Å². The lowest BCUT2D eigenvalue weighted by Gasteiger charge is -2.13. The molecule has 1 aromatic rings. The van der Waals surface area contributed by atoms with E-state index in [1.54, 1.807) is 7.11 Å². The van der Waals surface area contributed by atoms with Gasteiger partial charge in [0.2, 0.25) is 0 Å². The molecule has 1 aliphatic carbocycles. The first-order chi connectivity index (χ1) is 8.24. The topological polar surface area (TPSA) is 53.7 Å². The van der Waals surface area contributed by atoms with Crippen LogP contribution in [-0.2, 0) is 11.3 Å². The average Bonchev–Trinajstić information content (AvgIpc) is 3.13. The first-order valence-corrected chi connectivity index (χ1v) is 6.38. The Balaban J connectivity index is 2.19. The highest BCUT2D eigenvalue weighted by Gasteiger charge is 2.26. The SMILES string of the molecule is COc1cc(CCON)cc(Br)c1OC1CC1. The predicted octanol–water partition coefficient (Wildman–Crippen LogP) is 2.43. The summed E-state index contributed by atoms with van der Waals surface area (Å²) in [6.45, 7) is 0.485. The molecule has 0 heterocycles. The summed E-state index contributed by atoms with van der Waals surface area (Å²) < 4.78 is 12.1. The zero-order valence-corrected chi connectivity index (χ0v) is 11.3. The van der Waals surface area contributed by atoms with Crippen LogP contribution >= 0.6 is 15.9 Å². The number of nitrogens with two attached hydrogens (primary N) is 1. The van der Waals surface area contributed by atoms with Crippen molar-refractivity contribution in [2.75, 3.05) is 13.7 Å². The van der Waals surface area contributed by atoms with Gasteiger partial charge in [0, 0.05) is 0 Å². The Morgan fingerprint density at radius 1 is 1.41 bits per heavy atom. The monoisotopic (exact) mass is 301 g/mol. The lowest BCUT2D eigenvalue weighted by molar-refractivity contribution is 0.141. The Bertz CT molecular complexity index is 394. The summed E-state index contributed by atoms with van der Waals surface area (Å²) in [5.41, 5.74) is 1.10. The summed E-state index contributed by atoms with van der Waals surface area (Å²) in [6, 6.07) is 3.97. The molecular formula is C12H16BrNO3. The normalized spacial score (nSPS) is 14.8. The molecule has 0 saturated heterocycles. The number of rotatable bonds is 6. The molecule has 0 aromatic heterocycles. The van der Waals surface area contributed by atoms with E-state index in [0.29, 0.717) is 12.7 Å². The maximum absolute atomic E-state index is 5.81. The molecule has 1 aliphatic rings. The van der Waals surface area contributed by atoms with E-state index in [4.69, 9.17) is 15.4 Å². The Labute approximate surface area is 109 Å². The molecule has 94 valence electrons. The minimum atomic E-state index is 0.346. The molecule has 0 amide bonds. The van der Waals surface area contributed by atoms with Crippen LogP contribution in [0.3, 0.4) is 0 Å². The quantitative estimate of drug-likeness (QED) is 0.820. The van der Waals surface area contributed by atoms with Gasteiger partial charge in [-0.2, -0.15) is 0 Å². The average molecular weight is 302 g/mol. The number of hydrogen-bond donors (Lipinski definition) is 1. The largest absolute Gasteiger partial charge is 0.493 e. The van der Waals surface area contributed by atoms with E-state index in [-0.39, 0.29) is 0 Å². The van der Waals surface area contributed by atoms with Gasteiger partial charge < -0.3 is 14.3 Å². The third-order valence-corrected chi connectivity index (χ3v) is 3.20. The maximum Gasteiger partial charge on any atom is 0.175 e. The van der Waals surface area contributed by atoms with Crippen LogP contribution < -0.4 is 15.4 Å². The zero-order chi connectivity index (χ0) is 12.3. The van der Waals surface area contributed by atoms with Crippen LogP contribution in [-0.4, -0.2) is 19.8 Å². The van der Waals surface area contributed by atoms with E-state index in [1.165, 1.54) is 0 Å². The molecule has 0 atom stereocenters. The fourth-order valence-electron chi connectivity index (χ4n) is 1.56. The summed E-state index contributed by atoms with van der Waals surface area (Å²) in [4.78, 5) is 4.58. The fraction of sp³-hybridized carbons (Fsp3) is 0.500. The van der Waals surface area contributed by atoms with Gasteiger partial charge in [-0.3, -0.25) is 0 Å². The number of benzene rings is 1. The standard InChI is InChI=1S/C12H16BrNO3/c1-15-11-7-8(4-5-16-14)6-10(13)12(11)17-9-2-3-9/h6-7,9H,2-5,14H2,1H3. The van der Waals surface area contributed by atoms with Crippen molar-refractivity contribution < 1.29 is 14.3 Å². The van der Waals surface area contributed by atoms with E-state index in [1.807, 2.05) is 12.1 Å². The molecule has 1 aromatic carbocycles. The first-order valence-electron chi connectivity index (χ1n) is 5.59. The molecule has 4 nitrogen and oxygen atoms in total. The van der Waals surface area contributed by atoms with Crippen LogP contribution in [0.25, 0.3) is 0 Å². The van der Waals surface area contributed by atoms with Crippen molar-refractivity contribution in [2.45, 2.75) is 25.4 Å². The van der Waals surface area contributed by atoms with Gasteiger partial charge in [-0.15, -0.1) is 0 Å². The van der Waals surface area contributed by atoms with Gasteiger partial charge in [0.25, 0.3) is 0 Å². The van der Waals surface area contributed by atoms with Crippen molar-refractivity contribution in [3.05, 3.63) is 22.2 Å². The Kier molecular flexibility index (Phi) is 4.25. The van der Waals surface area contributed by atoms with Crippen LogP contribution in [0.4, 0.5) is 0 Å². The van der Waals surface area contributed by atoms with Gasteiger partial charge in [-0.1, -0.05) is 0 Å². The molecule has 0 spiro atoms. The molecule has 5 heteroatoms. The van der Waals surface area contributed by atoms with Crippen molar-refractivity contribution in [1.29, 1.82) is 0 Å². The van der Waals surface area contributed by atoms with E-state index in [9.17, 15) is 0 Å². The number of ether oxygens (including phenoxy) is 2. The van der Waals surface area contributed by atoms with Crippen molar-refractivity contribution in [3.8, 4) is 11.5 Å².